The zero-order chi connectivity index (χ0) is 23.0. The highest BCUT2D eigenvalue weighted by Crippen LogP contribution is 2.61. The molecule has 0 spiro atoms. The number of rotatable bonds is 11. The first-order chi connectivity index (χ1) is 12.2. The molecule has 0 aromatic carbocycles. The van der Waals surface area contributed by atoms with E-state index >= 15 is 0 Å². The zero-order valence-electron chi connectivity index (χ0n) is 13.2. The Morgan fingerprint density at radius 1 is 0.500 bits per heavy atom. The lowest BCUT2D eigenvalue weighted by Gasteiger charge is -2.41. The smallest absolute Gasteiger partial charge is 0.384 e. The molecular weight excluding hydrogens is 658 g/mol. The lowest BCUT2D eigenvalue weighted by atomic mass is 9.89. The molecule has 0 fully saturated rings. The summed E-state index contributed by atoms with van der Waals surface area (Å²) in [5.74, 6) is -41.7. The molecule has 2 N–H and O–H groups in total. The zero-order valence-corrected chi connectivity index (χ0v) is 17.5. The molecule has 0 aliphatic heterocycles. The topological polar surface area (TPSA) is 40.5 Å². The summed E-state index contributed by atoms with van der Waals surface area (Å²) in [6, 6.07) is 0. The number of halogens is 14. The number of hydrogen-bond donors (Lipinski definition) is 2. The van der Waals surface area contributed by atoms with E-state index in [1.54, 1.807) is 0 Å². The van der Waals surface area contributed by atoms with Gasteiger partial charge in [-0.05, 0) is 0 Å². The first-order valence-corrected chi connectivity index (χ1v) is 9.42. The van der Waals surface area contributed by atoms with E-state index < -0.39 is 69.4 Å². The third kappa shape index (κ3) is 4.88. The Morgan fingerprint density at radius 3 is 0.893 bits per heavy atom. The van der Waals surface area contributed by atoms with Crippen LogP contribution < -0.4 is 0 Å². The molecule has 0 aliphatic carbocycles. The van der Waals surface area contributed by atoms with Gasteiger partial charge in [-0.25, -0.2) is 0 Å². The molecule has 2 atom stereocenters. The predicted molar refractivity (Wildman–Crippen MR) is 88.7 cm³/mol. The van der Waals surface area contributed by atoms with E-state index in [9.17, 15) is 52.7 Å². The molecular formula is C12H12F12I2O2. The van der Waals surface area contributed by atoms with Gasteiger partial charge in [-0.3, -0.25) is 0 Å². The molecule has 28 heavy (non-hydrogen) atoms. The Bertz CT molecular complexity index is 483. The Labute approximate surface area is 177 Å². The molecule has 0 aliphatic rings. The minimum absolute atomic E-state index is 0.878. The number of aliphatic hydroxyl groups is 2. The van der Waals surface area contributed by atoms with Gasteiger partial charge in [-0.2, -0.15) is 52.7 Å². The van der Waals surface area contributed by atoms with Crippen LogP contribution in [0.5, 0.6) is 0 Å². The van der Waals surface area contributed by atoms with Gasteiger partial charge in [0, 0.05) is 20.7 Å². The van der Waals surface area contributed by atoms with E-state index in [1.165, 1.54) is 0 Å². The van der Waals surface area contributed by atoms with Crippen LogP contribution in [0.2, 0.25) is 0 Å². The lowest BCUT2D eigenvalue weighted by molar-refractivity contribution is -0.425. The van der Waals surface area contributed by atoms with Gasteiger partial charge in [0.1, 0.15) is 0 Å². The van der Waals surface area contributed by atoms with Crippen LogP contribution in [0.3, 0.4) is 0 Å². The van der Waals surface area contributed by atoms with Crippen LogP contribution in [-0.2, 0) is 0 Å². The van der Waals surface area contributed by atoms with Gasteiger partial charge >= 0.3 is 35.5 Å². The van der Waals surface area contributed by atoms with Crippen LogP contribution in [0.25, 0.3) is 0 Å². The summed E-state index contributed by atoms with van der Waals surface area (Å²) in [6.07, 6.45) is -4.66. The maximum Gasteiger partial charge on any atom is 0.384 e. The minimum Gasteiger partial charge on any atom is -0.395 e. The SMILES string of the molecule is OCC(I)CC(F)(F)C(F)(F)C(F)(F)C(F)(F)C(F)(F)C(F)(F)CC(I)CO. The van der Waals surface area contributed by atoms with Gasteiger partial charge in [0.2, 0.25) is 0 Å². The van der Waals surface area contributed by atoms with Crippen molar-refractivity contribution < 1.29 is 62.9 Å². The summed E-state index contributed by atoms with van der Waals surface area (Å²) in [5, 5.41) is 17.0. The van der Waals surface area contributed by atoms with E-state index in [-0.39, 0.29) is 0 Å². The maximum absolute atomic E-state index is 13.6. The molecule has 2 nitrogen and oxygen atoms in total. The van der Waals surface area contributed by atoms with Crippen molar-refractivity contribution in [2.45, 2.75) is 56.2 Å². The molecule has 0 aromatic rings. The van der Waals surface area contributed by atoms with Gasteiger partial charge in [0.15, 0.2) is 0 Å². The number of hydrogen-bond acceptors (Lipinski definition) is 2. The molecule has 0 aromatic heterocycles. The van der Waals surface area contributed by atoms with Crippen molar-refractivity contribution in [3.63, 3.8) is 0 Å². The number of aliphatic hydroxyl groups excluding tert-OH is 2. The summed E-state index contributed by atoms with van der Waals surface area (Å²) in [7, 11) is 0. The van der Waals surface area contributed by atoms with Gasteiger partial charge in [0.25, 0.3) is 0 Å². The average Bonchev–Trinajstić information content (AvgIpc) is 2.52. The molecule has 2 unspecified atom stereocenters. The molecule has 16 heteroatoms. The van der Waals surface area contributed by atoms with E-state index in [2.05, 4.69) is 0 Å². The fraction of sp³-hybridized carbons (Fsp3) is 1.00. The van der Waals surface area contributed by atoms with Crippen molar-refractivity contribution in [1.82, 2.24) is 0 Å². The second-order valence-electron chi connectivity index (χ2n) is 5.67. The van der Waals surface area contributed by atoms with Crippen LogP contribution in [0.4, 0.5) is 52.7 Å². The van der Waals surface area contributed by atoms with Crippen LogP contribution in [0.15, 0.2) is 0 Å². The normalized spacial score (nSPS) is 17.6. The van der Waals surface area contributed by atoms with Crippen molar-refractivity contribution in [2.75, 3.05) is 13.2 Å². The van der Waals surface area contributed by atoms with Crippen LogP contribution in [0.1, 0.15) is 12.8 Å². The standard InChI is InChI=1S/C12H12F12I2O2/c13-7(14,1-5(25)3-27)9(17,18)11(21,22)12(23,24)10(19,20)8(15,16)2-6(26)4-28/h5-6,27-28H,1-4H2. The molecule has 0 radical (unpaired) electrons. The lowest BCUT2D eigenvalue weighted by Crippen LogP contribution is -2.71. The van der Waals surface area contributed by atoms with Crippen LogP contribution in [0, 0.1) is 0 Å². The van der Waals surface area contributed by atoms with Gasteiger partial charge in [-0.1, -0.05) is 45.2 Å². The predicted octanol–water partition coefficient (Wildman–Crippen LogP) is 5.17. The summed E-state index contributed by atoms with van der Waals surface area (Å²) in [6.45, 7) is -2.55. The molecule has 170 valence electrons. The third-order valence-electron chi connectivity index (χ3n) is 3.45. The van der Waals surface area contributed by atoms with Gasteiger partial charge in [-0.15, -0.1) is 0 Å². The van der Waals surface area contributed by atoms with E-state index in [0.29, 0.717) is 0 Å². The monoisotopic (exact) mass is 670 g/mol. The summed E-state index contributed by atoms with van der Waals surface area (Å²) < 4.78 is 159. The molecule has 0 rings (SSSR count). The highest BCUT2D eigenvalue weighted by atomic mass is 127. The second kappa shape index (κ2) is 8.96. The molecule has 0 bridgehead atoms. The van der Waals surface area contributed by atoms with Gasteiger partial charge in [0.05, 0.1) is 13.2 Å². The second-order valence-corrected chi connectivity index (χ2v) is 9.20. The largest absolute Gasteiger partial charge is 0.395 e. The van der Waals surface area contributed by atoms with Crippen molar-refractivity contribution in [3.8, 4) is 0 Å². The molecule has 0 amide bonds. The highest BCUT2D eigenvalue weighted by Gasteiger charge is 2.89. The summed E-state index contributed by atoms with van der Waals surface area (Å²) in [4.78, 5) is 0. The third-order valence-corrected chi connectivity index (χ3v) is 5.12. The Morgan fingerprint density at radius 2 is 0.714 bits per heavy atom. The number of alkyl halides is 14. The van der Waals surface area contributed by atoms with Crippen molar-refractivity contribution in [2.24, 2.45) is 0 Å². The Kier molecular flexibility index (Phi) is 9.13. The quantitative estimate of drug-likeness (QED) is 0.181. The van der Waals surface area contributed by atoms with Crippen molar-refractivity contribution in [3.05, 3.63) is 0 Å². The molecule has 0 heterocycles. The maximum atomic E-state index is 13.6. The van der Waals surface area contributed by atoms with Crippen LogP contribution >= 0.6 is 45.2 Å². The minimum atomic E-state index is -7.61. The fourth-order valence-corrected chi connectivity index (χ4v) is 2.90. The molecule has 0 saturated carbocycles. The Balaban J connectivity index is 6.20. The first-order valence-electron chi connectivity index (χ1n) is 6.93. The summed E-state index contributed by atoms with van der Waals surface area (Å²) in [5.41, 5.74) is 0. The van der Waals surface area contributed by atoms with Crippen molar-refractivity contribution >= 4 is 45.2 Å². The highest BCUT2D eigenvalue weighted by molar-refractivity contribution is 14.1. The summed E-state index contributed by atoms with van der Waals surface area (Å²) >= 11 is 1.76. The van der Waals surface area contributed by atoms with E-state index in [4.69, 9.17) is 10.2 Å². The molecule has 0 saturated heterocycles. The van der Waals surface area contributed by atoms with E-state index in [1.807, 2.05) is 0 Å². The first kappa shape index (κ1) is 28.5. The van der Waals surface area contributed by atoms with E-state index in [0.717, 1.165) is 45.2 Å². The van der Waals surface area contributed by atoms with Crippen LogP contribution in [-0.4, -0.2) is 66.8 Å². The van der Waals surface area contributed by atoms with Crippen molar-refractivity contribution in [1.29, 1.82) is 0 Å². The van der Waals surface area contributed by atoms with Gasteiger partial charge < -0.3 is 10.2 Å². The Hall–Kier alpha value is 0.540. The fourth-order valence-electron chi connectivity index (χ4n) is 1.80. The average molecular weight is 670 g/mol.